The van der Waals surface area contributed by atoms with Gasteiger partial charge in [0.05, 0.1) is 26.4 Å². The molecule has 0 saturated heterocycles. The van der Waals surface area contributed by atoms with Crippen LogP contribution in [0.1, 0.15) is 33.6 Å². The van der Waals surface area contributed by atoms with Crippen molar-refractivity contribution in [1.29, 1.82) is 0 Å². The van der Waals surface area contributed by atoms with Crippen molar-refractivity contribution in [3.63, 3.8) is 0 Å². The summed E-state index contributed by atoms with van der Waals surface area (Å²) in [5.41, 5.74) is 0. The first-order chi connectivity index (χ1) is 12.0. The highest BCUT2D eigenvalue weighted by atomic mass is 16.5. The first kappa shape index (κ1) is 23.5. The van der Waals surface area contributed by atoms with Gasteiger partial charge in [0, 0.05) is 38.5 Å². The molecule has 0 saturated carbocycles. The number of nitrogens with one attached hydrogen (secondary N) is 2. The Hall–Kier alpha value is -1.51. The number of carbonyl (C=O) groups is 3. The summed E-state index contributed by atoms with van der Waals surface area (Å²) >= 11 is 0. The highest BCUT2D eigenvalue weighted by molar-refractivity contribution is 5.80. The van der Waals surface area contributed by atoms with Crippen molar-refractivity contribution in [2.45, 2.75) is 33.6 Å². The minimum atomic E-state index is -0.246. The molecule has 0 aromatic heterocycles. The van der Waals surface area contributed by atoms with Gasteiger partial charge in [0.1, 0.15) is 12.4 Å². The maximum atomic E-state index is 11.5. The second-order valence-corrected chi connectivity index (χ2v) is 5.68. The molecule has 0 bridgehead atoms. The lowest BCUT2D eigenvalue weighted by Gasteiger charge is -2.08. The molecule has 0 aliphatic carbocycles. The van der Waals surface area contributed by atoms with Gasteiger partial charge in [-0.15, -0.1) is 0 Å². The Morgan fingerprint density at radius 1 is 0.800 bits per heavy atom. The quantitative estimate of drug-likeness (QED) is 0.384. The summed E-state index contributed by atoms with van der Waals surface area (Å²) in [7, 11) is 0. The van der Waals surface area contributed by atoms with Crippen LogP contribution in [0.15, 0.2) is 0 Å². The van der Waals surface area contributed by atoms with E-state index < -0.39 is 0 Å². The van der Waals surface area contributed by atoms with Crippen molar-refractivity contribution in [3.05, 3.63) is 0 Å². The van der Waals surface area contributed by atoms with Crippen LogP contribution in [0.3, 0.4) is 0 Å². The molecular weight excluding hydrogens is 328 g/mol. The van der Waals surface area contributed by atoms with Gasteiger partial charge in [-0.25, -0.2) is 0 Å². The van der Waals surface area contributed by atoms with Crippen LogP contribution in [-0.2, 0) is 28.6 Å². The molecule has 0 aliphatic rings. The first-order valence-electron chi connectivity index (χ1n) is 8.76. The predicted octanol–water partition coefficient (Wildman–Crippen LogP) is 0.294. The molecule has 0 radical (unpaired) electrons. The lowest BCUT2D eigenvalue weighted by molar-refractivity contribution is -0.126. The molecule has 0 atom stereocenters. The molecular formula is C17H32N2O6. The molecule has 0 unspecified atom stereocenters. The predicted molar refractivity (Wildman–Crippen MR) is 93.2 cm³/mol. The number of Topliss-reactive ketones (excluding diaryl/α,β-unsaturated/α-hetero) is 1. The van der Waals surface area contributed by atoms with E-state index in [1.165, 1.54) is 0 Å². The summed E-state index contributed by atoms with van der Waals surface area (Å²) in [6.45, 7) is 8.21. The summed E-state index contributed by atoms with van der Waals surface area (Å²) < 4.78 is 15.5. The zero-order chi connectivity index (χ0) is 18.9. The fourth-order valence-corrected chi connectivity index (χ4v) is 1.70. The molecule has 0 aromatic rings. The minimum absolute atomic E-state index is 0.0231. The minimum Gasteiger partial charge on any atom is -0.381 e. The van der Waals surface area contributed by atoms with Crippen LogP contribution in [0.2, 0.25) is 0 Å². The van der Waals surface area contributed by atoms with Crippen LogP contribution >= 0.6 is 0 Å². The standard InChI is InChI=1S/C17H32N2O6/c1-4-23-10-6-16(21)18-8-12-25-13-17(22)19-7-11-24-9-5-15(20)14(2)3/h14H,4-13H2,1-3H3,(H,18,21)(H,19,22). The molecule has 146 valence electrons. The number of carbonyl (C=O) groups excluding carboxylic acids is 3. The second kappa shape index (κ2) is 16.0. The third-order valence-electron chi connectivity index (χ3n) is 3.18. The molecule has 0 spiro atoms. The van der Waals surface area contributed by atoms with Gasteiger partial charge in [-0.2, -0.15) is 0 Å². The third kappa shape index (κ3) is 15.7. The first-order valence-corrected chi connectivity index (χ1v) is 8.76. The van der Waals surface area contributed by atoms with Crippen LogP contribution in [-0.4, -0.2) is 70.3 Å². The molecule has 2 N–H and O–H groups in total. The van der Waals surface area contributed by atoms with Gasteiger partial charge in [-0.1, -0.05) is 13.8 Å². The van der Waals surface area contributed by atoms with E-state index in [0.717, 1.165) is 0 Å². The SMILES string of the molecule is CCOCCC(=O)NCCOCC(=O)NCCOCCC(=O)C(C)C. The Kier molecular flexibility index (Phi) is 15.0. The van der Waals surface area contributed by atoms with Crippen LogP contribution in [0, 0.1) is 5.92 Å². The van der Waals surface area contributed by atoms with Gasteiger partial charge < -0.3 is 24.8 Å². The molecule has 0 aromatic carbocycles. The van der Waals surface area contributed by atoms with E-state index in [1.807, 2.05) is 20.8 Å². The van der Waals surface area contributed by atoms with Gasteiger partial charge in [-0.3, -0.25) is 14.4 Å². The Balaban J connectivity index is 3.39. The normalized spacial score (nSPS) is 10.7. The second-order valence-electron chi connectivity index (χ2n) is 5.68. The third-order valence-corrected chi connectivity index (χ3v) is 3.18. The monoisotopic (exact) mass is 360 g/mol. The summed E-state index contributed by atoms with van der Waals surface area (Å²) in [4.78, 5) is 34.2. The van der Waals surface area contributed by atoms with E-state index >= 15 is 0 Å². The molecule has 0 rings (SSSR count). The van der Waals surface area contributed by atoms with Gasteiger partial charge >= 0.3 is 0 Å². The summed E-state index contributed by atoms with van der Waals surface area (Å²) in [6, 6.07) is 0. The van der Waals surface area contributed by atoms with Gasteiger partial charge in [0.15, 0.2) is 0 Å². The van der Waals surface area contributed by atoms with Crippen molar-refractivity contribution in [3.8, 4) is 0 Å². The molecule has 8 heteroatoms. The summed E-state index contributed by atoms with van der Waals surface area (Å²) in [6.07, 6.45) is 0.710. The van der Waals surface area contributed by atoms with Crippen LogP contribution in [0.4, 0.5) is 0 Å². The molecule has 0 aliphatic heterocycles. The number of ether oxygens (including phenoxy) is 3. The Morgan fingerprint density at radius 3 is 2.04 bits per heavy atom. The highest BCUT2D eigenvalue weighted by Crippen LogP contribution is 1.98. The van der Waals surface area contributed by atoms with Crippen molar-refractivity contribution in [1.82, 2.24) is 10.6 Å². The number of hydrogen-bond acceptors (Lipinski definition) is 6. The largest absolute Gasteiger partial charge is 0.381 e. The zero-order valence-corrected chi connectivity index (χ0v) is 15.6. The smallest absolute Gasteiger partial charge is 0.246 e. The zero-order valence-electron chi connectivity index (χ0n) is 15.6. The van der Waals surface area contributed by atoms with E-state index in [9.17, 15) is 14.4 Å². The number of amides is 2. The van der Waals surface area contributed by atoms with E-state index in [-0.39, 0.29) is 36.7 Å². The summed E-state index contributed by atoms with van der Waals surface area (Å²) in [5, 5.41) is 5.33. The molecule has 0 heterocycles. The Bertz CT molecular complexity index is 387. The maximum absolute atomic E-state index is 11.5. The molecule has 25 heavy (non-hydrogen) atoms. The van der Waals surface area contributed by atoms with Crippen molar-refractivity contribution in [2.24, 2.45) is 5.92 Å². The van der Waals surface area contributed by atoms with E-state index in [0.29, 0.717) is 52.4 Å². The lowest BCUT2D eigenvalue weighted by Crippen LogP contribution is -2.33. The number of ketones is 1. The van der Waals surface area contributed by atoms with Crippen LogP contribution in [0.5, 0.6) is 0 Å². The van der Waals surface area contributed by atoms with E-state index in [4.69, 9.17) is 14.2 Å². The van der Waals surface area contributed by atoms with Gasteiger partial charge in [0.2, 0.25) is 11.8 Å². The van der Waals surface area contributed by atoms with E-state index in [1.54, 1.807) is 0 Å². The Morgan fingerprint density at radius 2 is 1.40 bits per heavy atom. The fraction of sp³-hybridized carbons (Fsp3) is 0.824. The number of rotatable bonds is 16. The molecule has 2 amide bonds. The van der Waals surface area contributed by atoms with Crippen molar-refractivity contribution < 1.29 is 28.6 Å². The highest BCUT2D eigenvalue weighted by Gasteiger charge is 2.06. The maximum Gasteiger partial charge on any atom is 0.246 e. The summed E-state index contributed by atoms with van der Waals surface area (Å²) in [5.74, 6) is -0.156. The average Bonchev–Trinajstić information content (AvgIpc) is 2.57. The fourth-order valence-electron chi connectivity index (χ4n) is 1.70. The Labute approximate surface area is 150 Å². The number of hydrogen-bond donors (Lipinski definition) is 2. The van der Waals surface area contributed by atoms with Crippen molar-refractivity contribution >= 4 is 17.6 Å². The average molecular weight is 360 g/mol. The van der Waals surface area contributed by atoms with Gasteiger partial charge in [-0.05, 0) is 6.92 Å². The topological polar surface area (TPSA) is 103 Å². The lowest BCUT2D eigenvalue weighted by atomic mass is 10.1. The van der Waals surface area contributed by atoms with Crippen molar-refractivity contribution in [2.75, 3.05) is 52.7 Å². The molecule has 8 nitrogen and oxygen atoms in total. The molecule has 0 fully saturated rings. The van der Waals surface area contributed by atoms with E-state index in [2.05, 4.69) is 10.6 Å². The van der Waals surface area contributed by atoms with Crippen LogP contribution in [0.25, 0.3) is 0 Å². The van der Waals surface area contributed by atoms with Gasteiger partial charge in [0.25, 0.3) is 0 Å². The van der Waals surface area contributed by atoms with Crippen LogP contribution < -0.4 is 10.6 Å².